The molecular weight excluding hydrogens is 316 g/mol. The lowest BCUT2D eigenvalue weighted by molar-refractivity contribution is 0.242. The van der Waals surface area contributed by atoms with Crippen LogP contribution < -0.4 is 15.4 Å². The van der Waals surface area contributed by atoms with Crippen LogP contribution >= 0.6 is 0 Å². The van der Waals surface area contributed by atoms with E-state index in [0.29, 0.717) is 17.8 Å². The van der Waals surface area contributed by atoms with Crippen molar-refractivity contribution in [2.75, 3.05) is 33.1 Å². The number of carbonyl (C=O) groups is 1. The molecule has 1 unspecified atom stereocenters. The molecule has 2 N–H and O–H groups in total. The highest BCUT2D eigenvalue weighted by Gasteiger charge is 2.18. The molecule has 6 nitrogen and oxygen atoms in total. The van der Waals surface area contributed by atoms with Crippen LogP contribution in [-0.4, -0.2) is 38.7 Å². The number of likely N-dealkylation sites (N-methyl/N-ethyl adjacent to an activating group) is 1. The summed E-state index contributed by atoms with van der Waals surface area (Å²) in [7, 11) is 5.55. The molecule has 2 aromatic carbocycles. The van der Waals surface area contributed by atoms with Gasteiger partial charge in [-0.25, -0.2) is 4.79 Å². The molecule has 0 saturated carbocycles. The fraction of sp³-hybridized carbons (Fsp3) is 0.263. The molecule has 25 heavy (non-hydrogen) atoms. The fourth-order valence-corrected chi connectivity index (χ4v) is 2.51. The number of benzene rings is 2. The Morgan fingerprint density at radius 1 is 1.20 bits per heavy atom. The van der Waals surface area contributed by atoms with E-state index >= 15 is 0 Å². The first kappa shape index (κ1) is 18.3. The normalized spacial score (nSPS) is 11.5. The van der Waals surface area contributed by atoms with Crippen molar-refractivity contribution in [3.8, 4) is 11.8 Å². The molecule has 2 aromatic rings. The van der Waals surface area contributed by atoms with Gasteiger partial charge in [-0.15, -0.1) is 0 Å². The molecule has 0 bridgehead atoms. The van der Waals surface area contributed by atoms with Gasteiger partial charge in [0.1, 0.15) is 5.75 Å². The van der Waals surface area contributed by atoms with Crippen LogP contribution in [0.4, 0.5) is 10.5 Å². The Morgan fingerprint density at radius 3 is 2.48 bits per heavy atom. The van der Waals surface area contributed by atoms with E-state index in [1.54, 1.807) is 31.4 Å². The molecule has 6 heteroatoms. The van der Waals surface area contributed by atoms with E-state index in [1.165, 1.54) is 0 Å². The van der Waals surface area contributed by atoms with Crippen LogP contribution in [0.5, 0.6) is 5.75 Å². The summed E-state index contributed by atoms with van der Waals surface area (Å²) < 4.78 is 5.42. The van der Waals surface area contributed by atoms with Crippen LogP contribution in [0.2, 0.25) is 0 Å². The molecule has 0 aliphatic rings. The van der Waals surface area contributed by atoms with E-state index in [0.717, 1.165) is 11.3 Å². The lowest BCUT2D eigenvalue weighted by Gasteiger charge is -2.26. The Labute approximate surface area is 148 Å². The zero-order chi connectivity index (χ0) is 18.2. The molecule has 0 aliphatic heterocycles. The molecule has 0 aliphatic carbocycles. The van der Waals surface area contributed by atoms with Gasteiger partial charge in [-0.1, -0.05) is 18.2 Å². The van der Waals surface area contributed by atoms with Gasteiger partial charge in [-0.3, -0.25) is 0 Å². The van der Waals surface area contributed by atoms with E-state index in [2.05, 4.69) is 10.6 Å². The number of rotatable bonds is 6. The molecule has 0 radical (unpaired) electrons. The fourth-order valence-electron chi connectivity index (χ4n) is 2.51. The van der Waals surface area contributed by atoms with Gasteiger partial charge in [-0.05, 0) is 44.4 Å². The predicted molar refractivity (Wildman–Crippen MR) is 97.6 cm³/mol. The van der Waals surface area contributed by atoms with Crippen LogP contribution in [0.25, 0.3) is 0 Å². The van der Waals surface area contributed by atoms with Gasteiger partial charge >= 0.3 is 6.03 Å². The van der Waals surface area contributed by atoms with Crippen LogP contribution in [0.15, 0.2) is 48.5 Å². The Hall–Kier alpha value is -3.04. The second-order valence-electron chi connectivity index (χ2n) is 5.75. The molecule has 0 spiro atoms. The molecular formula is C19H22N4O2. The van der Waals surface area contributed by atoms with Gasteiger partial charge in [0.2, 0.25) is 0 Å². The van der Waals surface area contributed by atoms with E-state index < -0.39 is 0 Å². The number of anilines is 1. The summed E-state index contributed by atoms with van der Waals surface area (Å²) >= 11 is 0. The first-order valence-electron chi connectivity index (χ1n) is 7.89. The van der Waals surface area contributed by atoms with E-state index in [9.17, 15) is 4.79 Å². The number of nitrogens with one attached hydrogen (secondary N) is 2. The maximum absolute atomic E-state index is 12.1. The number of hydrogen-bond donors (Lipinski definition) is 2. The molecule has 0 aromatic heterocycles. The van der Waals surface area contributed by atoms with Crippen LogP contribution in [0.1, 0.15) is 17.2 Å². The van der Waals surface area contributed by atoms with Gasteiger partial charge in [0.15, 0.2) is 0 Å². The van der Waals surface area contributed by atoms with Gasteiger partial charge in [0.05, 0.1) is 24.8 Å². The number of nitrogens with zero attached hydrogens (tertiary/aromatic N) is 2. The third-order valence-electron chi connectivity index (χ3n) is 3.85. The Balaban J connectivity index is 2.00. The first-order chi connectivity index (χ1) is 12.0. The quantitative estimate of drug-likeness (QED) is 0.849. The molecule has 1 atom stereocenters. The summed E-state index contributed by atoms with van der Waals surface area (Å²) in [6, 6.07) is 16.2. The van der Waals surface area contributed by atoms with Crippen LogP contribution in [-0.2, 0) is 0 Å². The summed E-state index contributed by atoms with van der Waals surface area (Å²) in [4.78, 5) is 14.2. The monoisotopic (exact) mass is 338 g/mol. The number of carbonyl (C=O) groups excluding carboxylic acids is 1. The maximum atomic E-state index is 12.1. The SMILES string of the molecule is COc1ccccc1C(CNC(=O)Nc1ccc(C#N)cc1)N(C)C. The van der Waals surface area contributed by atoms with Crippen LogP contribution in [0, 0.1) is 11.3 Å². The van der Waals surface area contributed by atoms with Crippen molar-refractivity contribution in [3.63, 3.8) is 0 Å². The Bertz CT molecular complexity index is 751. The summed E-state index contributed by atoms with van der Waals surface area (Å²) in [6.45, 7) is 0.426. The minimum absolute atomic E-state index is 0.0251. The third kappa shape index (κ3) is 4.96. The number of nitriles is 1. The standard InChI is InChI=1S/C19H22N4O2/c1-23(2)17(16-6-4-5-7-18(16)25-3)13-21-19(24)22-15-10-8-14(12-20)9-11-15/h4-11,17H,13H2,1-3H3,(H2,21,22,24). The second-order valence-corrected chi connectivity index (χ2v) is 5.75. The third-order valence-corrected chi connectivity index (χ3v) is 3.85. The zero-order valence-electron chi connectivity index (χ0n) is 14.6. The largest absolute Gasteiger partial charge is 0.496 e. The molecule has 0 saturated heterocycles. The zero-order valence-corrected chi connectivity index (χ0v) is 14.6. The van der Waals surface area contributed by atoms with Crippen molar-refractivity contribution in [2.24, 2.45) is 0 Å². The Kier molecular flexibility index (Phi) is 6.38. The summed E-state index contributed by atoms with van der Waals surface area (Å²) in [5.74, 6) is 0.788. The van der Waals surface area contributed by atoms with Crippen molar-refractivity contribution >= 4 is 11.7 Å². The van der Waals surface area contributed by atoms with Gasteiger partial charge in [-0.2, -0.15) is 5.26 Å². The van der Waals surface area contributed by atoms with E-state index in [1.807, 2.05) is 49.3 Å². The van der Waals surface area contributed by atoms with Crippen molar-refractivity contribution in [1.29, 1.82) is 5.26 Å². The summed E-state index contributed by atoms with van der Waals surface area (Å²) in [5, 5.41) is 14.4. The summed E-state index contributed by atoms with van der Waals surface area (Å²) in [6.07, 6.45) is 0. The van der Waals surface area contributed by atoms with E-state index in [4.69, 9.17) is 10.00 Å². The van der Waals surface area contributed by atoms with E-state index in [-0.39, 0.29) is 12.1 Å². The molecule has 2 rings (SSSR count). The lowest BCUT2D eigenvalue weighted by atomic mass is 10.0. The average Bonchev–Trinajstić information content (AvgIpc) is 2.62. The summed E-state index contributed by atoms with van der Waals surface area (Å²) in [5.41, 5.74) is 2.19. The molecule has 2 amide bonds. The minimum atomic E-state index is -0.300. The highest BCUT2D eigenvalue weighted by Crippen LogP contribution is 2.27. The van der Waals surface area contributed by atoms with Gasteiger partial charge in [0, 0.05) is 17.8 Å². The smallest absolute Gasteiger partial charge is 0.319 e. The highest BCUT2D eigenvalue weighted by atomic mass is 16.5. The lowest BCUT2D eigenvalue weighted by Crippen LogP contribution is -2.37. The minimum Gasteiger partial charge on any atom is -0.496 e. The molecule has 0 fully saturated rings. The van der Waals surface area contributed by atoms with Crippen molar-refractivity contribution in [2.45, 2.75) is 6.04 Å². The van der Waals surface area contributed by atoms with Gasteiger partial charge in [0.25, 0.3) is 0 Å². The maximum Gasteiger partial charge on any atom is 0.319 e. The van der Waals surface area contributed by atoms with Crippen molar-refractivity contribution < 1.29 is 9.53 Å². The number of hydrogen-bond acceptors (Lipinski definition) is 4. The molecule has 130 valence electrons. The van der Waals surface area contributed by atoms with Gasteiger partial charge < -0.3 is 20.3 Å². The Morgan fingerprint density at radius 2 is 1.88 bits per heavy atom. The van der Waals surface area contributed by atoms with Crippen molar-refractivity contribution in [3.05, 3.63) is 59.7 Å². The van der Waals surface area contributed by atoms with Crippen LogP contribution in [0.3, 0.4) is 0 Å². The number of para-hydroxylation sites is 1. The molecule has 0 heterocycles. The van der Waals surface area contributed by atoms with Crippen molar-refractivity contribution in [1.82, 2.24) is 10.2 Å². The topological polar surface area (TPSA) is 77.4 Å². The number of urea groups is 1. The average molecular weight is 338 g/mol. The highest BCUT2D eigenvalue weighted by molar-refractivity contribution is 5.89. The number of methoxy groups -OCH3 is 1. The number of amides is 2. The second kappa shape index (κ2) is 8.71. The predicted octanol–water partition coefficient (Wildman–Crippen LogP) is 2.99. The first-order valence-corrected chi connectivity index (χ1v) is 7.89. The number of ether oxygens (including phenoxy) is 1.